The van der Waals surface area contributed by atoms with Crippen LogP contribution in [-0.4, -0.2) is 30.9 Å². The first-order chi connectivity index (χ1) is 10.1. The highest BCUT2D eigenvalue weighted by Crippen LogP contribution is 2.13. The molecule has 4 N–H and O–H groups in total. The van der Waals surface area contributed by atoms with Crippen LogP contribution < -0.4 is 16.4 Å². The Morgan fingerprint density at radius 3 is 3.00 bits per heavy atom. The molecule has 0 aliphatic carbocycles. The Bertz CT molecular complexity index is 614. The molecule has 1 aromatic carbocycles. The van der Waals surface area contributed by atoms with Crippen molar-refractivity contribution in [1.82, 2.24) is 10.6 Å². The Morgan fingerprint density at radius 2 is 2.33 bits per heavy atom. The highest BCUT2D eigenvalue weighted by atomic mass is 16.2. The molecule has 1 atom stereocenters. The van der Waals surface area contributed by atoms with Gasteiger partial charge in [0.25, 0.3) is 5.91 Å². The summed E-state index contributed by atoms with van der Waals surface area (Å²) in [6, 6.07) is 5.47. The summed E-state index contributed by atoms with van der Waals surface area (Å²) in [7, 11) is 0. The Hall–Kier alpha value is -2.32. The van der Waals surface area contributed by atoms with Crippen molar-refractivity contribution in [1.29, 1.82) is 0 Å². The van der Waals surface area contributed by atoms with Crippen LogP contribution in [0.1, 0.15) is 34.3 Å². The molecule has 1 aliphatic heterocycles. The van der Waals surface area contributed by atoms with E-state index < -0.39 is 0 Å². The molecule has 1 heterocycles. The maximum atomic E-state index is 12.2. The third-order valence-electron chi connectivity index (χ3n) is 3.50. The highest BCUT2D eigenvalue weighted by molar-refractivity contribution is 5.96. The number of hydrogen-bond acceptors (Lipinski definition) is 3. The standard InChI is InChI=1S/C16H19N3O2/c1-11-12(5-3-9-17)4-2-6-14(11)16(21)18-10-13-7-8-15(20)19-13/h2,4,6,13H,7-10,17H2,1H3,(H,18,21)(H,19,20). The van der Waals surface area contributed by atoms with Gasteiger partial charge in [0.05, 0.1) is 6.54 Å². The third kappa shape index (κ3) is 3.83. The first kappa shape index (κ1) is 15.1. The van der Waals surface area contributed by atoms with E-state index in [-0.39, 0.29) is 24.4 Å². The average Bonchev–Trinajstić information content (AvgIpc) is 2.89. The van der Waals surface area contributed by atoms with Crippen LogP contribution >= 0.6 is 0 Å². The minimum Gasteiger partial charge on any atom is -0.352 e. The molecule has 21 heavy (non-hydrogen) atoms. The lowest BCUT2D eigenvalue weighted by Gasteiger charge is -2.13. The normalized spacial score (nSPS) is 16.9. The second-order valence-corrected chi connectivity index (χ2v) is 5.00. The Kier molecular flexibility index (Phi) is 4.96. The average molecular weight is 285 g/mol. The summed E-state index contributed by atoms with van der Waals surface area (Å²) in [4.78, 5) is 23.4. The second kappa shape index (κ2) is 6.91. The summed E-state index contributed by atoms with van der Waals surface area (Å²) in [5.41, 5.74) is 7.61. The van der Waals surface area contributed by atoms with E-state index in [9.17, 15) is 9.59 Å². The fourth-order valence-electron chi connectivity index (χ4n) is 2.30. The smallest absolute Gasteiger partial charge is 0.251 e. The van der Waals surface area contributed by atoms with Crippen molar-refractivity contribution in [2.45, 2.75) is 25.8 Å². The summed E-state index contributed by atoms with van der Waals surface area (Å²) < 4.78 is 0. The van der Waals surface area contributed by atoms with Crippen LogP contribution in [0.25, 0.3) is 0 Å². The van der Waals surface area contributed by atoms with Crippen LogP contribution in [0, 0.1) is 18.8 Å². The SMILES string of the molecule is Cc1c(C#CCN)cccc1C(=O)NCC1CCC(=O)N1. The van der Waals surface area contributed by atoms with Crippen LogP contribution in [0.4, 0.5) is 0 Å². The lowest BCUT2D eigenvalue weighted by atomic mass is 10.0. The number of hydrogen-bond donors (Lipinski definition) is 3. The lowest BCUT2D eigenvalue weighted by Crippen LogP contribution is -2.38. The summed E-state index contributed by atoms with van der Waals surface area (Å²) >= 11 is 0. The molecule has 5 heteroatoms. The Labute approximate surface area is 124 Å². The first-order valence-corrected chi connectivity index (χ1v) is 6.98. The zero-order valence-electron chi connectivity index (χ0n) is 12.0. The molecule has 1 fully saturated rings. The predicted octanol–water partition coefficient (Wildman–Crippen LogP) is 0.314. The molecule has 0 saturated carbocycles. The van der Waals surface area contributed by atoms with Gasteiger partial charge in [0.1, 0.15) is 0 Å². The maximum absolute atomic E-state index is 12.2. The van der Waals surface area contributed by atoms with Gasteiger partial charge >= 0.3 is 0 Å². The van der Waals surface area contributed by atoms with Crippen LogP contribution in [0.2, 0.25) is 0 Å². The molecule has 110 valence electrons. The molecular weight excluding hydrogens is 266 g/mol. The van der Waals surface area contributed by atoms with E-state index >= 15 is 0 Å². The topological polar surface area (TPSA) is 84.2 Å². The Morgan fingerprint density at radius 1 is 1.52 bits per heavy atom. The minimum atomic E-state index is -0.148. The quantitative estimate of drug-likeness (QED) is 0.699. The molecule has 1 aliphatic rings. The van der Waals surface area contributed by atoms with Gasteiger partial charge in [-0.05, 0) is 31.0 Å². The molecule has 1 saturated heterocycles. The fourth-order valence-corrected chi connectivity index (χ4v) is 2.30. The van der Waals surface area contributed by atoms with Crippen molar-refractivity contribution in [3.8, 4) is 11.8 Å². The van der Waals surface area contributed by atoms with E-state index in [1.165, 1.54) is 0 Å². The zero-order chi connectivity index (χ0) is 15.2. The molecule has 0 spiro atoms. The fraction of sp³-hybridized carbons (Fsp3) is 0.375. The van der Waals surface area contributed by atoms with Gasteiger partial charge in [-0.2, -0.15) is 0 Å². The number of rotatable bonds is 3. The first-order valence-electron chi connectivity index (χ1n) is 6.98. The van der Waals surface area contributed by atoms with Crippen molar-refractivity contribution in [2.24, 2.45) is 5.73 Å². The van der Waals surface area contributed by atoms with Crippen LogP contribution in [0.3, 0.4) is 0 Å². The zero-order valence-corrected chi connectivity index (χ0v) is 12.0. The van der Waals surface area contributed by atoms with Crippen LogP contribution in [-0.2, 0) is 4.79 Å². The van der Waals surface area contributed by atoms with Crippen molar-refractivity contribution in [3.63, 3.8) is 0 Å². The number of amides is 2. The maximum Gasteiger partial charge on any atom is 0.251 e. The summed E-state index contributed by atoms with van der Waals surface area (Å²) in [6.07, 6.45) is 1.30. The number of nitrogens with two attached hydrogens (primary N) is 1. The second-order valence-electron chi connectivity index (χ2n) is 5.00. The number of carbonyl (C=O) groups is 2. The largest absolute Gasteiger partial charge is 0.352 e. The van der Waals surface area contributed by atoms with Gasteiger partial charge < -0.3 is 16.4 Å². The van der Waals surface area contributed by atoms with E-state index in [1.54, 1.807) is 12.1 Å². The minimum absolute atomic E-state index is 0.0296. The van der Waals surface area contributed by atoms with E-state index in [0.29, 0.717) is 18.5 Å². The van der Waals surface area contributed by atoms with Crippen molar-refractivity contribution < 1.29 is 9.59 Å². The van der Waals surface area contributed by atoms with Gasteiger partial charge in [-0.15, -0.1) is 0 Å². The van der Waals surface area contributed by atoms with E-state index in [1.807, 2.05) is 13.0 Å². The van der Waals surface area contributed by atoms with Crippen LogP contribution in [0.15, 0.2) is 18.2 Å². The molecule has 0 bridgehead atoms. The van der Waals surface area contributed by atoms with Gasteiger partial charge in [0.2, 0.25) is 5.91 Å². The van der Waals surface area contributed by atoms with Gasteiger partial charge in [-0.3, -0.25) is 9.59 Å². The molecule has 0 aromatic heterocycles. The molecule has 1 aromatic rings. The highest BCUT2D eigenvalue weighted by Gasteiger charge is 2.21. The third-order valence-corrected chi connectivity index (χ3v) is 3.50. The van der Waals surface area contributed by atoms with Crippen molar-refractivity contribution >= 4 is 11.8 Å². The molecule has 2 amide bonds. The van der Waals surface area contributed by atoms with E-state index in [4.69, 9.17) is 5.73 Å². The molecule has 0 radical (unpaired) electrons. The lowest BCUT2D eigenvalue weighted by molar-refractivity contribution is -0.119. The summed E-state index contributed by atoms with van der Waals surface area (Å²) in [5.74, 6) is 5.65. The number of carbonyl (C=O) groups excluding carboxylic acids is 2. The van der Waals surface area contributed by atoms with Gasteiger partial charge in [-0.25, -0.2) is 0 Å². The number of benzene rings is 1. The molecular formula is C16H19N3O2. The monoisotopic (exact) mass is 285 g/mol. The van der Waals surface area contributed by atoms with Gasteiger partial charge in [0.15, 0.2) is 0 Å². The molecule has 5 nitrogen and oxygen atoms in total. The predicted molar refractivity (Wildman–Crippen MR) is 80.6 cm³/mol. The Balaban J connectivity index is 2.03. The number of nitrogens with one attached hydrogen (secondary N) is 2. The van der Waals surface area contributed by atoms with Crippen molar-refractivity contribution in [2.75, 3.05) is 13.1 Å². The molecule has 1 unspecified atom stereocenters. The molecule has 2 rings (SSSR count). The van der Waals surface area contributed by atoms with Gasteiger partial charge in [0, 0.05) is 30.1 Å². The van der Waals surface area contributed by atoms with Crippen molar-refractivity contribution in [3.05, 3.63) is 34.9 Å². The summed E-state index contributed by atoms with van der Waals surface area (Å²) in [5, 5.41) is 5.68. The van der Waals surface area contributed by atoms with Gasteiger partial charge in [-0.1, -0.05) is 17.9 Å². The van der Waals surface area contributed by atoms with Crippen LogP contribution in [0.5, 0.6) is 0 Å². The summed E-state index contributed by atoms with van der Waals surface area (Å²) in [6.45, 7) is 2.60. The van der Waals surface area contributed by atoms with E-state index in [2.05, 4.69) is 22.5 Å². The van der Waals surface area contributed by atoms with E-state index in [0.717, 1.165) is 17.5 Å².